The van der Waals surface area contributed by atoms with Crippen molar-refractivity contribution in [1.29, 1.82) is 0 Å². The number of methoxy groups -OCH3 is 1. The monoisotopic (exact) mass is 182 g/mol. The van der Waals surface area contributed by atoms with E-state index in [1.807, 2.05) is 0 Å². The first-order valence-corrected chi connectivity index (χ1v) is 4.00. The summed E-state index contributed by atoms with van der Waals surface area (Å²) in [5.41, 5.74) is 0.659. The number of carbonyl (C=O) groups is 2. The average molecular weight is 182 g/mol. The van der Waals surface area contributed by atoms with Crippen LogP contribution in [0, 0.1) is 0 Å². The van der Waals surface area contributed by atoms with Crippen LogP contribution in [0.15, 0.2) is 24.3 Å². The molecule has 0 aromatic rings. The molecule has 0 N–H and O–H groups in total. The van der Waals surface area contributed by atoms with Crippen LogP contribution in [-0.4, -0.2) is 18.9 Å². The summed E-state index contributed by atoms with van der Waals surface area (Å²) in [6.45, 7) is 8.80. The van der Waals surface area contributed by atoms with Gasteiger partial charge in [-0.1, -0.05) is 20.1 Å². The first-order valence-electron chi connectivity index (χ1n) is 4.00. The van der Waals surface area contributed by atoms with E-state index in [2.05, 4.69) is 17.9 Å². The first-order chi connectivity index (χ1) is 6.02. The minimum Gasteiger partial charge on any atom is -0.466 e. The zero-order valence-corrected chi connectivity index (χ0v) is 8.05. The third-order valence-corrected chi connectivity index (χ3v) is 1.62. The number of Topliss-reactive ketones (excluding diaryl/α,β-unsaturated/α-hetero) is 1. The smallest absolute Gasteiger partial charge is 0.333 e. The van der Waals surface area contributed by atoms with Gasteiger partial charge in [0.15, 0.2) is 5.78 Å². The van der Waals surface area contributed by atoms with Crippen molar-refractivity contribution in [2.45, 2.75) is 19.8 Å². The second-order valence-corrected chi connectivity index (χ2v) is 2.65. The van der Waals surface area contributed by atoms with Crippen LogP contribution in [0.5, 0.6) is 0 Å². The van der Waals surface area contributed by atoms with Crippen LogP contribution < -0.4 is 0 Å². The van der Waals surface area contributed by atoms with Gasteiger partial charge in [0.2, 0.25) is 0 Å². The number of rotatable bonds is 5. The Morgan fingerprint density at radius 3 is 2.15 bits per heavy atom. The molecular weight excluding hydrogens is 168 g/mol. The fourth-order valence-corrected chi connectivity index (χ4v) is 0.823. The molecule has 3 heteroatoms. The molecule has 72 valence electrons. The van der Waals surface area contributed by atoms with Crippen molar-refractivity contribution in [3.63, 3.8) is 0 Å². The molecule has 0 aromatic carbocycles. The average Bonchev–Trinajstić information content (AvgIpc) is 2.14. The highest BCUT2D eigenvalue weighted by atomic mass is 16.5. The van der Waals surface area contributed by atoms with Crippen LogP contribution >= 0.6 is 0 Å². The number of hydrogen-bond acceptors (Lipinski definition) is 3. The number of hydrogen-bond donors (Lipinski definition) is 0. The zero-order chi connectivity index (χ0) is 10.4. The Balaban J connectivity index is 4.15. The lowest BCUT2D eigenvalue weighted by atomic mass is 10.0. The summed E-state index contributed by atoms with van der Waals surface area (Å²) in [6.07, 6.45) is 0.590. The van der Waals surface area contributed by atoms with Gasteiger partial charge in [0, 0.05) is 18.4 Å². The molecule has 0 aromatic heterocycles. The van der Waals surface area contributed by atoms with Gasteiger partial charge >= 0.3 is 5.97 Å². The molecule has 0 amide bonds. The maximum atomic E-state index is 11.1. The standard InChI is InChI=1S/C10H14O3/c1-5-9(11)7(2)6-8(3)10(12)13-4/h2-3,5-6H2,1,4H3. The molecule has 0 heterocycles. The summed E-state index contributed by atoms with van der Waals surface area (Å²) in [5, 5.41) is 0. The van der Waals surface area contributed by atoms with E-state index < -0.39 is 5.97 Å². The lowest BCUT2D eigenvalue weighted by molar-refractivity contribution is -0.136. The van der Waals surface area contributed by atoms with Crippen LogP contribution in [0.1, 0.15) is 19.8 Å². The molecule has 0 radical (unpaired) electrons. The van der Waals surface area contributed by atoms with Crippen molar-refractivity contribution in [1.82, 2.24) is 0 Å². The molecule has 0 saturated carbocycles. The summed E-state index contributed by atoms with van der Waals surface area (Å²) < 4.78 is 4.44. The fraction of sp³-hybridized carbons (Fsp3) is 0.400. The molecule has 0 saturated heterocycles. The van der Waals surface area contributed by atoms with Gasteiger partial charge in [-0.15, -0.1) is 0 Å². The number of ketones is 1. The van der Waals surface area contributed by atoms with Crippen molar-refractivity contribution in [2.24, 2.45) is 0 Å². The summed E-state index contributed by atoms with van der Waals surface area (Å²) >= 11 is 0. The minimum atomic E-state index is -0.495. The normalized spacial score (nSPS) is 9.08. The highest BCUT2D eigenvalue weighted by Gasteiger charge is 2.11. The molecule has 0 atom stereocenters. The van der Waals surface area contributed by atoms with E-state index in [9.17, 15) is 9.59 Å². The van der Waals surface area contributed by atoms with E-state index in [1.165, 1.54) is 7.11 Å². The van der Waals surface area contributed by atoms with Crippen LogP contribution in [0.2, 0.25) is 0 Å². The molecule has 0 aliphatic carbocycles. The van der Waals surface area contributed by atoms with Gasteiger partial charge in [0.25, 0.3) is 0 Å². The van der Waals surface area contributed by atoms with Crippen LogP contribution in [0.4, 0.5) is 0 Å². The molecule has 0 bridgehead atoms. The van der Waals surface area contributed by atoms with Crippen molar-refractivity contribution in [3.05, 3.63) is 24.3 Å². The van der Waals surface area contributed by atoms with E-state index in [1.54, 1.807) is 6.92 Å². The molecular formula is C10H14O3. The Morgan fingerprint density at radius 2 is 1.77 bits per heavy atom. The van der Waals surface area contributed by atoms with E-state index in [4.69, 9.17) is 0 Å². The van der Waals surface area contributed by atoms with Gasteiger partial charge in [-0.05, 0) is 5.57 Å². The van der Waals surface area contributed by atoms with Crippen LogP contribution in [-0.2, 0) is 14.3 Å². The van der Waals surface area contributed by atoms with Gasteiger partial charge in [-0.2, -0.15) is 0 Å². The molecule has 0 rings (SSSR count). The summed E-state index contributed by atoms with van der Waals surface area (Å²) in [7, 11) is 1.28. The quantitative estimate of drug-likeness (QED) is 0.479. The number of ether oxygens (including phenoxy) is 1. The molecule has 0 aliphatic rings. The first kappa shape index (κ1) is 11.6. The van der Waals surface area contributed by atoms with Crippen LogP contribution in [0.3, 0.4) is 0 Å². The lowest BCUT2D eigenvalue weighted by Gasteiger charge is -2.04. The van der Waals surface area contributed by atoms with E-state index in [-0.39, 0.29) is 17.8 Å². The number of esters is 1. The van der Waals surface area contributed by atoms with Crippen molar-refractivity contribution in [3.8, 4) is 0 Å². The predicted molar refractivity (Wildman–Crippen MR) is 50.2 cm³/mol. The predicted octanol–water partition coefficient (Wildman–Crippen LogP) is 1.64. The number of carbonyl (C=O) groups excluding carboxylic acids is 2. The van der Waals surface area contributed by atoms with Gasteiger partial charge in [0.1, 0.15) is 0 Å². The molecule has 13 heavy (non-hydrogen) atoms. The number of allylic oxidation sites excluding steroid dienone is 1. The van der Waals surface area contributed by atoms with Crippen molar-refractivity contribution >= 4 is 11.8 Å². The van der Waals surface area contributed by atoms with Gasteiger partial charge in [0.05, 0.1) is 7.11 Å². The Kier molecular flexibility index (Phi) is 4.74. The molecule has 0 fully saturated rings. The topological polar surface area (TPSA) is 43.4 Å². The zero-order valence-electron chi connectivity index (χ0n) is 8.05. The maximum Gasteiger partial charge on any atom is 0.333 e. The Bertz CT molecular complexity index is 225. The summed E-state index contributed by atoms with van der Waals surface area (Å²) in [5.74, 6) is -0.546. The highest BCUT2D eigenvalue weighted by Crippen LogP contribution is 2.10. The summed E-state index contributed by atoms with van der Waals surface area (Å²) in [4.78, 5) is 21.9. The third kappa shape index (κ3) is 3.69. The van der Waals surface area contributed by atoms with E-state index in [0.29, 0.717) is 12.0 Å². The molecule has 3 nitrogen and oxygen atoms in total. The molecule has 0 aliphatic heterocycles. The van der Waals surface area contributed by atoms with Gasteiger partial charge in [-0.3, -0.25) is 4.79 Å². The Hall–Kier alpha value is -1.38. The summed E-state index contributed by atoms with van der Waals surface area (Å²) in [6, 6.07) is 0. The van der Waals surface area contributed by atoms with E-state index in [0.717, 1.165) is 0 Å². The van der Waals surface area contributed by atoms with Crippen molar-refractivity contribution in [2.75, 3.05) is 7.11 Å². The SMILES string of the molecule is C=C(CC(=C)C(=O)OC)C(=O)CC. The minimum absolute atomic E-state index is 0.0509. The largest absolute Gasteiger partial charge is 0.466 e. The van der Waals surface area contributed by atoms with E-state index >= 15 is 0 Å². The van der Waals surface area contributed by atoms with Gasteiger partial charge in [-0.25, -0.2) is 4.79 Å². The Morgan fingerprint density at radius 1 is 1.23 bits per heavy atom. The van der Waals surface area contributed by atoms with Crippen LogP contribution in [0.25, 0.3) is 0 Å². The molecule has 0 spiro atoms. The Labute approximate surface area is 78.1 Å². The fourth-order valence-electron chi connectivity index (χ4n) is 0.823. The lowest BCUT2D eigenvalue weighted by Crippen LogP contribution is -2.07. The molecule has 0 unspecified atom stereocenters. The highest BCUT2D eigenvalue weighted by molar-refractivity contribution is 5.97. The second-order valence-electron chi connectivity index (χ2n) is 2.65. The maximum absolute atomic E-state index is 11.1. The van der Waals surface area contributed by atoms with Crippen molar-refractivity contribution < 1.29 is 14.3 Å². The third-order valence-electron chi connectivity index (χ3n) is 1.62. The second kappa shape index (κ2) is 5.30. The van der Waals surface area contributed by atoms with Gasteiger partial charge < -0.3 is 4.74 Å².